The lowest BCUT2D eigenvalue weighted by atomic mass is 10.1. The van der Waals surface area contributed by atoms with Crippen LogP contribution in [0.15, 0.2) is 48.5 Å². The Labute approximate surface area is 142 Å². The first-order chi connectivity index (χ1) is 11.5. The second kappa shape index (κ2) is 8.24. The third kappa shape index (κ3) is 4.41. The molecule has 2 aromatic carbocycles. The van der Waals surface area contributed by atoms with Crippen molar-refractivity contribution < 1.29 is 19.0 Å². The molecule has 24 heavy (non-hydrogen) atoms. The van der Waals surface area contributed by atoms with Crippen LogP contribution in [-0.2, 0) is 4.79 Å². The highest BCUT2D eigenvalue weighted by molar-refractivity contribution is 5.81. The molecule has 0 aliphatic carbocycles. The Bertz CT molecular complexity index is 687. The van der Waals surface area contributed by atoms with Crippen LogP contribution >= 0.6 is 0 Å². The largest absolute Gasteiger partial charge is 0.497 e. The first kappa shape index (κ1) is 17.7. The number of amides is 1. The van der Waals surface area contributed by atoms with E-state index < -0.39 is 6.10 Å². The molecule has 0 spiro atoms. The first-order valence-electron chi connectivity index (χ1n) is 7.79. The molecular formula is C19H23NO4. The topological polar surface area (TPSA) is 56.8 Å². The van der Waals surface area contributed by atoms with Crippen LogP contribution in [0.5, 0.6) is 17.2 Å². The maximum absolute atomic E-state index is 12.4. The molecule has 1 N–H and O–H groups in total. The fourth-order valence-corrected chi connectivity index (χ4v) is 2.36. The Morgan fingerprint density at radius 2 is 1.67 bits per heavy atom. The number of nitrogens with one attached hydrogen (secondary N) is 1. The van der Waals surface area contributed by atoms with E-state index in [0.29, 0.717) is 11.5 Å². The molecule has 5 heteroatoms. The Hall–Kier alpha value is -2.69. The third-order valence-corrected chi connectivity index (χ3v) is 3.69. The number of methoxy groups -OCH3 is 2. The smallest absolute Gasteiger partial charge is 0.261 e. The molecule has 2 rings (SSSR count). The average molecular weight is 329 g/mol. The van der Waals surface area contributed by atoms with E-state index in [1.54, 1.807) is 33.3 Å². The van der Waals surface area contributed by atoms with E-state index in [1.807, 2.05) is 43.3 Å². The van der Waals surface area contributed by atoms with Gasteiger partial charge in [0.15, 0.2) is 6.10 Å². The molecule has 0 fully saturated rings. The van der Waals surface area contributed by atoms with E-state index in [9.17, 15) is 4.79 Å². The summed E-state index contributed by atoms with van der Waals surface area (Å²) in [6.45, 7) is 3.62. The summed E-state index contributed by atoms with van der Waals surface area (Å²) in [6.07, 6.45) is -0.630. The van der Waals surface area contributed by atoms with Gasteiger partial charge in [0.05, 0.1) is 20.3 Å². The lowest BCUT2D eigenvalue weighted by Crippen LogP contribution is -2.37. The van der Waals surface area contributed by atoms with Gasteiger partial charge in [-0.2, -0.15) is 0 Å². The van der Waals surface area contributed by atoms with Crippen LogP contribution in [0.25, 0.3) is 0 Å². The third-order valence-electron chi connectivity index (χ3n) is 3.69. The van der Waals surface area contributed by atoms with Crippen LogP contribution in [-0.4, -0.2) is 26.2 Å². The van der Waals surface area contributed by atoms with Crippen LogP contribution in [0.4, 0.5) is 0 Å². The molecule has 0 aromatic heterocycles. The minimum atomic E-state index is -0.630. The number of benzene rings is 2. The average Bonchev–Trinajstić information content (AvgIpc) is 2.61. The number of ether oxygens (including phenoxy) is 3. The molecule has 0 aliphatic heterocycles. The van der Waals surface area contributed by atoms with E-state index in [2.05, 4.69) is 5.32 Å². The minimum Gasteiger partial charge on any atom is -0.497 e. The molecule has 2 atom stereocenters. The maximum atomic E-state index is 12.4. The van der Waals surface area contributed by atoms with Crippen LogP contribution in [0.3, 0.4) is 0 Å². The summed E-state index contributed by atoms with van der Waals surface area (Å²) in [5.74, 6) is 1.81. The van der Waals surface area contributed by atoms with Crippen molar-refractivity contribution in [2.75, 3.05) is 14.2 Å². The predicted molar refractivity (Wildman–Crippen MR) is 92.6 cm³/mol. The summed E-state index contributed by atoms with van der Waals surface area (Å²) in [6, 6.07) is 14.6. The molecular weight excluding hydrogens is 306 g/mol. The fourth-order valence-electron chi connectivity index (χ4n) is 2.36. The summed E-state index contributed by atoms with van der Waals surface area (Å²) >= 11 is 0. The lowest BCUT2D eigenvalue weighted by Gasteiger charge is -2.20. The normalized spacial score (nSPS) is 12.8. The second-order valence-electron chi connectivity index (χ2n) is 5.41. The molecule has 0 bridgehead atoms. The van der Waals surface area contributed by atoms with Crippen molar-refractivity contribution >= 4 is 5.91 Å². The number of rotatable bonds is 7. The molecule has 0 radical (unpaired) electrons. The van der Waals surface area contributed by atoms with Crippen molar-refractivity contribution in [2.45, 2.75) is 26.0 Å². The maximum Gasteiger partial charge on any atom is 0.261 e. The van der Waals surface area contributed by atoms with Crippen LogP contribution in [0, 0.1) is 0 Å². The predicted octanol–water partition coefficient (Wildman–Crippen LogP) is 3.35. The lowest BCUT2D eigenvalue weighted by molar-refractivity contribution is -0.127. The Kier molecular flexibility index (Phi) is 6.07. The quantitative estimate of drug-likeness (QED) is 0.846. The van der Waals surface area contributed by atoms with Gasteiger partial charge in [-0.05, 0) is 32.0 Å². The molecule has 1 amide bonds. The summed E-state index contributed by atoms with van der Waals surface area (Å²) < 4.78 is 16.2. The van der Waals surface area contributed by atoms with Gasteiger partial charge in [0.1, 0.15) is 17.2 Å². The van der Waals surface area contributed by atoms with E-state index in [1.165, 1.54) is 0 Å². The van der Waals surface area contributed by atoms with Gasteiger partial charge >= 0.3 is 0 Å². The second-order valence-corrected chi connectivity index (χ2v) is 5.41. The number of carbonyl (C=O) groups is 1. The van der Waals surface area contributed by atoms with Gasteiger partial charge in [-0.15, -0.1) is 0 Å². The number of para-hydroxylation sites is 1. The van der Waals surface area contributed by atoms with Gasteiger partial charge in [0.25, 0.3) is 5.91 Å². The van der Waals surface area contributed by atoms with Crippen molar-refractivity contribution in [1.29, 1.82) is 0 Å². The fraction of sp³-hybridized carbons (Fsp3) is 0.316. The standard InChI is InChI=1S/C19H23NO4/c1-13(17-10-5-6-11-18(17)23-4)20-19(21)14(2)24-16-9-7-8-15(12-16)22-3/h5-14H,1-4H3,(H,20,21)/t13-,14+/m0/s1. The van der Waals surface area contributed by atoms with Crippen molar-refractivity contribution in [2.24, 2.45) is 0 Å². The summed E-state index contributed by atoms with van der Waals surface area (Å²) in [4.78, 5) is 12.4. The van der Waals surface area contributed by atoms with Crippen LogP contribution in [0.1, 0.15) is 25.5 Å². The van der Waals surface area contributed by atoms with Gasteiger partial charge in [-0.1, -0.05) is 24.3 Å². The van der Waals surface area contributed by atoms with E-state index in [4.69, 9.17) is 14.2 Å². The van der Waals surface area contributed by atoms with Crippen molar-refractivity contribution in [3.8, 4) is 17.2 Å². The monoisotopic (exact) mass is 329 g/mol. The Balaban J connectivity index is 2.00. The van der Waals surface area contributed by atoms with Gasteiger partial charge in [0.2, 0.25) is 0 Å². The highest BCUT2D eigenvalue weighted by Crippen LogP contribution is 2.25. The molecule has 0 aliphatic rings. The molecule has 0 saturated heterocycles. The van der Waals surface area contributed by atoms with Crippen molar-refractivity contribution in [3.05, 3.63) is 54.1 Å². The highest BCUT2D eigenvalue weighted by Gasteiger charge is 2.19. The molecule has 0 unspecified atom stereocenters. The highest BCUT2D eigenvalue weighted by atomic mass is 16.5. The Morgan fingerprint density at radius 3 is 2.38 bits per heavy atom. The van der Waals surface area contributed by atoms with Gasteiger partial charge in [-0.25, -0.2) is 0 Å². The molecule has 2 aromatic rings. The zero-order valence-electron chi connectivity index (χ0n) is 14.4. The first-order valence-corrected chi connectivity index (χ1v) is 7.79. The van der Waals surface area contributed by atoms with Gasteiger partial charge in [0, 0.05) is 11.6 Å². The Morgan fingerprint density at radius 1 is 0.958 bits per heavy atom. The molecule has 0 heterocycles. The van der Waals surface area contributed by atoms with Crippen molar-refractivity contribution in [3.63, 3.8) is 0 Å². The summed E-state index contributed by atoms with van der Waals surface area (Å²) in [5.41, 5.74) is 0.918. The summed E-state index contributed by atoms with van der Waals surface area (Å²) in [7, 11) is 3.20. The van der Waals surface area contributed by atoms with Crippen LogP contribution in [0.2, 0.25) is 0 Å². The summed E-state index contributed by atoms with van der Waals surface area (Å²) in [5, 5.41) is 2.94. The molecule has 128 valence electrons. The van der Waals surface area contributed by atoms with Crippen LogP contribution < -0.4 is 19.5 Å². The van der Waals surface area contributed by atoms with Gasteiger partial charge in [-0.3, -0.25) is 4.79 Å². The minimum absolute atomic E-state index is 0.190. The van der Waals surface area contributed by atoms with E-state index in [-0.39, 0.29) is 11.9 Å². The SMILES string of the molecule is COc1cccc(O[C@H](C)C(=O)N[C@@H](C)c2ccccc2OC)c1. The molecule has 5 nitrogen and oxygen atoms in total. The van der Waals surface area contributed by atoms with Crippen molar-refractivity contribution in [1.82, 2.24) is 5.32 Å². The zero-order valence-corrected chi connectivity index (χ0v) is 14.4. The zero-order chi connectivity index (χ0) is 17.5. The number of carbonyl (C=O) groups excluding carboxylic acids is 1. The van der Waals surface area contributed by atoms with Gasteiger partial charge < -0.3 is 19.5 Å². The number of hydrogen-bond acceptors (Lipinski definition) is 4. The van der Waals surface area contributed by atoms with E-state index >= 15 is 0 Å². The molecule has 0 saturated carbocycles. The van der Waals surface area contributed by atoms with E-state index in [0.717, 1.165) is 11.3 Å². The number of hydrogen-bond donors (Lipinski definition) is 1.